The fourth-order valence-corrected chi connectivity index (χ4v) is 2.75. The molecule has 0 fully saturated rings. The van der Waals surface area contributed by atoms with Crippen molar-refractivity contribution in [1.82, 2.24) is 9.97 Å². The molecule has 1 heterocycles. The molecule has 0 aromatic carbocycles. The molecule has 0 N–H and O–H groups in total. The van der Waals surface area contributed by atoms with E-state index in [9.17, 15) is 8.42 Å². The maximum Gasteiger partial charge on any atom is 0.149 e. The van der Waals surface area contributed by atoms with Crippen molar-refractivity contribution in [2.24, 2.45) is 0 Å². The normalized spacial score (nSPS) is 13.5. The summed E-state index contributed by atoms with van der Waals surface area (Å²) in [7, 11) is -1.14. The monoisotopic (exact) mass is 257 g/mol. The second-order valence-electron chi connectivity index (χ2n) is 4.47. The van der Waals surface area contributed by atoms with Crippen molar-refractivity contribution in [2.75, 3.05) is 24.0 Å². The van der Waals surface area contributed by atoms with E-state index in [2.05, 4.69) is 9.97 Å². The summed E-state index contributed by atoms with van der Waals surface area (Å²) in [6.45, 7) is 5.59. The number of sulfone groups is 1. The molecule has 0 saturated heterocycles. The lowest BCUT2D eigenvalue weighted by molar-refractivity contribution is 0.592. The smallest absolute Gasteiger partial charge is 0.149 e. The first kappa shape index (κ1) is 13.9. The van der Waals surface area contributed by atoms with E-state index in [1.165, 1.54) is 6.26 Å². The average molecular weight is 257 g/mol. The van der Waals surface area contributed by atoms with Crippen LogP contribution in [0.5, 0.6) is 0 Å². The number of aromatic nitrogens is 2. The number of anilines is 1. The molecule has 5 nitrogen and oxygen atoms in total. The van der Waals surface area contributed by atoms with Gasteiger partial charge in [-0.3, -0.25) is 0 Å². The third kappa shape index (κ3) is 4.30. The molecule has 1 atom stereocenters. The van der Waals surface area contributed by atoms with Crippen molar-refractivity contribution < 1.29 is 8.42 Å². The first-order valence-corrected chi connectivity index (χ1v) is 7.48. The highest BCUT2D eigenvalue weighted by Gasteiger charge is 2.17. The lowest BCUT2D eigenvalue weighted by Crippen LogP contribution is -2.35. The fourth-order valence-electron chi connectivity index (χ4n) is 1.65. The van der Waals surface area contributed by atoms with Gasteiger partial charge in [0.2, 0.25) is 0 Å². The van der Waals surface area contributed by atoms with E-state index >= 15 is 0 Å². The zero-order chi connectivity index (χ0) is 13.2. The Labute approximate surface area is 103 Å². The van der Waals surface area contributed by atoms with Crippen molar-refractivity contribution >= 4 is 15.7 Å². The zero-order valence-electron chi connectivity index (χ0n) is 10.9. The molecule has 6 heteroatoms. The molecule has 0 spiro atoms. The molecule has 0 aliphatic carbocycles. The topological polar surface area (TPSA) is 63.2 Å². The van der Waals surface area contributed by atoms with Crippen LogP contribution in [0.4, 0.5) is 5.82 Å². The molecule has 0 bridgehead atoms. The molecule has 0 aliphatic heterocycles. The lowest BCUT2D eigenvalue weighted by Gasteiger charge is -2.25. The third-order valence-corrected chi connectivity index (χ3v) is 3.61. The molecule has 0 aliphatic rings. The average Bonchev–Trinajstić information content (AvgIpc) is 2.12. The summed E-state index contributed by atoms with van der Waals surface area (Å²) in [5.41, 5.74) is 0.880. The van der Waals surface area contributed by atoms with Crippen LogP contribution in [0, 0.1) is 13.8 Å². The van der Waals surface area contributed by atoms with E-state index in [0.717, 1.165) is 11.5 Å². The van der Waals surface area contributed by atoms with E-state index in [0.29, 0.717) is 5.82 Å². The number of aryl methyl sites for hydroxylation is 2. The second-order valence-corrected chi connectivity index (χ2v) is 6.65. The summed E-state index contributed by atoms with van der Waals surface area (Å²) >= 11 is 0. The Morgan fingerprint density at radius 2 is 1.94 bits per heavy atom. The van der Waals surface area contributed by atoms with Gasteiger partial charge in [-0.05, 0) is 20.8 Å². The van der Waals surface area contributed by atoms with Gasteiger partial charge in [-0.15, -0.1) is 0 Å². The van der Waals surface area contributed by atoms with Crippen LogP contribution in [0.3, 0.4) is 0 Å². The fraction of sp³-hybridized carbons (Fsp3) is 0.636. The summed E-state index contributed by atoms with van der Waals surface area (Å²) in [5.74, 6) is 1.57. The molecule has 0 saturated carbocycles. The molecule has 17 heavy (non-hydrogen) atoms. The van der Waals surface area contributed by atoms with Crippen LogP contribution in [0.1, 0.15) is 18.4 Å². The Bertz CT molecular complexity index is 479. The van der Waals surface area contributed by atoms with Gasteiger partial charge in [0.1, 0.15) is 21.5 Å². The van der Waals surface area contributed by atoms with Crippen molar-refractivity contribution in [2.45, 2.75) is 26.8 Å². The molecule has 0 amide bonds. The van der Waals surface area contributed by atoms with Crippen molar-refractivity contribution in [3.05, 3.63) is 17.6 Å². The predicted molar refractivity (Wildman–Crippen MR) is 69.1 cm³/mol. The van der Waals surface area contributed by atoms with Crippen LogP contribution in [0.25, 0.3) is 0 Å². The number of hydrogen-bond donors (Lipinski definition) is 0. The maximum absolute atomic E-state index is 11.3. The van der Waals surface area contributed by atoms with Gasteiger partial charge in [0.15, 0.2) is 0 Å². The van der Waals surface area contributed by atoms with Crippen molar-refractivity contribution in [1.29, 1.82) is 0 Å². The van der Waals surface area contributed by atoms with E-state index in [4.69, 9.17) is 0 Å². The highest BCUT2D eigenvalue weighted by Crippen LogP contribution is 2.14. The minimum absolute atomic E-state index is 0.112. The van der Waals surface area contributed by atoms with Gasteiger partial charge in [-0.2, -0.15) is 0 Å². The van der Waals surface area contributed by atoms with E-state index in [-0.39, 0.29) is 11.8 Å². The molecular formula is C11H19N3O2S. The molecule has 1 unspecified atom stereocenters. The highest BCUT2D eigenvalue weighted by molar-refractivity contribution is 7.90. The Kier molecular flexibility index (Phi) is 4.08. The van der Waals surface area contributed by atoms with Crippen molar-refractivity contribution in [3.8, 4) is 0 Å². The van der Waals surface area contributed by atoms with Crippen LogP contribution in [-0.2, 0) is 9.84 Å². The first-order chi connectivity index (χ1) is 7.69. The van der Waals surface area contributed by atoms with Crippen LogP contribution in [0.2, 0.25) is 0 Å². The zero-order valence-corrected chi connectivity index (χ0v) is 11.7. The maximum atomic E-state index is 11.3. The van der Waals surface area contributed by atoms with Gasteiger partial charge >= 0.3 is 0 Å². The molecule has 1 rings (SSSR count). The van der Waals surface area contributed by atoms with Crippen LogP contribution in [-0.4, -0.2) is 43.5 Å². The largest absolute Gasteiger partial charge is 0.356 e. The molecule has 1 aromatic heterocycles. The lowest BCUT2D eigenvalue weighted by atomic mass is 10.3. The minimum atomic E-state index is -2.98. The second kappa shape index (κ2) is 5.00. The molecule has 0 radical (unpaired) electrons. The predicted octanol–water partition coefficient (Wildman–Crippen LogP) is 0.963. The van der Waals surface area contributed by atoms with Crippen molar-refractivity contribution in [3.63, 3.8) is 0 Å². The highest BCUT2D eigenvalue weighted by atomic mass is 32.2. The minimum Gasteiger partial charge on any atom is -0.356 e. The van der Waals surface area contributed by atoms with Gasteiger partial charge in [0, 0.05) is 31.1 Å². The van der Waals surface area contributed by atoms with Crippen LogP contribution < -0.4 is 4.90 Å². The number of rotatable bonds is 4. The summed E-state index contributed by atoms with van der Waals surface area (Å²) in [6.07, 6.45) is 1.24. The van der Waals surface area contributed by atoms with E-state index in [1.807, 2.05) is 38.8 Å². The van der Waals surface area contributed by atoms with Gasteiger partial charge in [0.25, 0.3) is 0 Å². The van der Waals surface area contributed by atoms with E-state index in [1.54, 1.807) is 0 Å². The molecular weight excluding hydrogens is 238 g/mol. The summed E-state index contributed by atoms with van der Waals surface area (Å²) in [6, 6.07) is 1.74. The molecule has 1 aromatic rings. The van der Waals surface area contributed by atoms with Gasteiger partial charge < -0.3 is 4.90 Å². The number of nitrogens with zero attached hydrogens (tertiary/aromatic N) is 3. The summed E-state index contributed by atoms with van der Waals surface area (Å²) < 4.78 is 22.5. The van der Waals surface area contributed by atoms with Crippen LogP contribution >= 0.6 is 0 Å². The Balaban J connectivity index is 2.92. The summed E-state index contributed by atoms with van der Waals surface area (Å²) in [4.78, 5) is 10.4. The SMILES string of the molecule is Cc1cc(N(C)C(C)CS(C)(=O)=O)nc(C)n1. The third-order valence-electron chi connectivity index (χ3n) is 2.52. The Morgan fingerprint density at radius 3 is 2.41 bits per heavy atom. The van der Waals surface area contributed by atoms with Crippen LogP contribution in [0.15, 0.2) is 6.07 Å². The Morgan fingerprint density at radius 1 is 1.35 bits per heavy atom. The van der Waals surface area contributed by atoms with Gasteiger partial charge in [0.05, 0.1) is 5.75 Å². The summed E-state index contributed by atoms with van der Waals surface area (Å²) in [5, 5.41) is 0. The van der Waals surface area contributed by atoms with E-state index < -0.39 is 9.84 Å². The van der Waals surface area contributed by atoms with Gasteiger partial charge in [-0.1, -0.05) is 0 Å². The Hall–Kier alpha value is -1.17. The molecule has 96 valence electrons. The van der Waals surface area contributed by atoms with Gasteiger partial charge in [-0.25, -0.2) is 18.4 Å². The standard InChI is InChI=1S/C11H19N3O2S/c1-8-6-11(13-10(3)12-8)14(4)9(2)7-17(5,15)16/h6,9H,7H2,1-5H3. The first-order valence-electron chi connectivity index (χ1n) is 5.42. The number of hydrogen-bond acceptors (Lipinski definition) is 5. The quantitative estimate of drug-likeness (QED) is 0.804.